The van der Waals surface area contributed by atoms with Gasteiger partial charge < -0.3 is 4.90 Å². The molecule has 1 aliphatic heterocycles. The van der Waals surface area contributed by atoms with E-state index in [4.69, 9.17) is 23.8 Å². The van der Waals surface area contributed by atoms with E-state index < -0.39 is 0 Å². The van der Waals surface area contributed by atoms with Gasteiger partial charge in [-0.15, -0.1) is 0 Å². The molecule has 1 aromatic heterocycles. The number of hydrogen-bond donors (Lipinski definition) is 1. The molecule has 1 aliphatic rings. The monoisotopic (exact) mass is 282 g/mol. The average molecular weight is 283 g/mol. The smallest absolute Gasteiger partial charge is 0.189 e. The number of hydrazone groups is 1. The van der Waals surface area contributed by atoms with Crippen LogP contribution in [0.3, 0.4) is 0 Å². The summed E-state index contributed by atoms with van der Waals surface area (Å²) in [7, 11) is 0. The van der Waals surface area contributed by atoms with Crippen molar-refractivity contribution in [2.75, 3.05) is 13.1 Å². The van der Waals surface area contributed by atoms with E-state index in [1.165, 1.54) is 12.8 Å². The van der Waals surface area contributed by atoms with Gasteiger partial charge >= 0.3 is 0 Å². The number of aromatic nitrogens is 1. The first-order valence-corrected chi connectivity index (χ1v) is 6.66. The van der Waals surface area contributed by atoms with Gasteiger partial charge in [0.15, 0.2) is 5.11 Å². The molecule has 1 fully saturated rings. The van der Waals surface area contributed by atoms with Gasteiger partial charge in [-0.1, -0.05) is 11.6 Å². The molecule has 0 aromatic carbocycles. The van der Waals surface area contributed by atoms with Crippen LogP contribution in [0.4, 0.5) is 0 Å². The standard InChI is InChI=1S/C12H15ClN4S/c1-9(11-8-10(13)4-5-14-11)15-16-12(18)17-6-2-3-7-17/h4-5,8H,2-3,6-7H2,1H3,(H,16,18)/b15-9-. The Morgan fingerprint density at radius 2 is 2.22 bits per heavy atom. The van der Waals surface area contributed by atoms with Gasteiger partial charge in [0.2, 0.25) is 0 Å². The van der Waals surface area contributed by atoms with Crippen LogP contribution in [-0.2, 0) is 0 Å². The molecule has 1 saturated heterocycles. The maximum absolute atomic E-state index is 5.91. The quantitative estimate of drug-likeness (QED) is 0.514. The maximum atomic E-state index is 5.91. The highest BCUT2D eigenvalue weighted by molar-refractivity contribution is 7.80. The summed E-state index contributed by atoms with van der Waals surface area (Å²) >= 11 is 11.2. The van der Waals surface area contributed by atoms with E-state index in [0.29, 0.717) is 10.1 Å². The predicted octanol–water partition coefficient (Wildman–Crippen LogP) is 2.43. The number of hydrogen-bond acceptors (Lipinski definition) is 3. The van der Waals surface area contributed by atoms with Crippen LogP contribution in [-0.4, -0.2) is 33.8 Å². The molecule has 0 amide bonds. The number of nitrogens with zero attached hydrogens (tertiary/aromatic N) is 3. The van der Waals surface area contributed by atoms with Gasteiger partial charge in [-0.05, 0) is 44.1 Å². The van der Waals surface area contributed by atoms with Crippen molar-refractivity contribution in [3.63, 3.8) is 0 Å². The summed E-state index contributed by atoms with van der Waals surface area (Å²) in [5.74, 6) is 0. The fourth-order valence-corrected chi connectivity index (χ4v) is 2.17. The number of thiocarbonyl (C=S) groups is 1. The van der Waals surface area contributed by atoms with Crippen LogP contribution < -0.4 is 5.43 Å². The van der Waals surface area contributed by atoms with Gasteiger partial charge in [-0.3, -0.25) is 10.4 Å². The second-order valence-electron chi connectivity index (χ2n) is 4.17. The third-order valence-electron chi connectivity index (χ3n) is 2.81. The summed E-state index contributed by atoms with van der Waals surface area (Å²) in [6.07, 6.45) is 4.05. The topological polar surface area (TPSA) is 40.5 Å². The fourth-order valence-electron chi connectivity index (χ4n) is 1.78. The Labute approximate surface area is 117 Å². The van der Waals surface area contributed by atoms with E-state index in [9.17, 15) is 0 Å². The highest BCUT2D eigenvalue weighted by Gasteiger charge is 2.14. The van der Waals surface area contributed by atoms with Crippen molar-refractivity contribution >= 4 is 34.6 Å². The third kappa shape index (κ3) is 3.40. The van der Waals surface area contributed by atoms with Crippen LogP contribution >= 0.6 is 23.8 Å². The molecule has 4 nitrogen and oxygen atoms in total. The van der Waals surface area contributed by atoms with Crippen molar-refractivity contribution in [3.05, 3.63) is 29.0 Å². The van der Waals surface area contributed by atoms with Crippen LogP contribution in [0.1, 0.15) is 25.5 Å². The van der Waals surface area contributed by atoms with Crippen molar-refractivity contribution in [3.8, 4) is 0 Å². The molecule has 1 N–H and O–H groups in total. The van der Waals surface area contributed by atoms with Gasteiger partial charge in [0.05, 0.1) is 11.4 Å². The highest BCUT2D eigenvalue weighted by atomic mass is 35.5. The van der Waals surface area contributed by atoms with E-state index in [2.05, 4.69) is 20.4 Å². The summed E-state index contributed by atoms with van der Waals surface area (Å²) in [6, 6.07) is 3.52. The van der Waals surface area contributed by atoms with E-state index in [1.807, 2.05) is 6.92 Å². The predicted molar refractivity (Wildman–Crippen MR) is 78.0 cm³/mol. The van der Waals surface area contributed by atoms with Crippen LogP contribution in [0.15, 0.2) is 23.4 Å². The zero-order valence-electron chi connectivity index (χ0n) is 10.2. The summed E-state index contributed by atoms with van der Waals surface area (Å²) in [5.41, 5.74) is 4.42. The summed E-state index contributed by atoms with van der Waals surface area (Å²) in [6.45, 7) is 3.89. The molecule has 18 heavy (non-hydrogen) atoms. The Bertz CT molecular complexity index is 469. The lowest BCUT2D eigenvalue weighted by molar-refractivity contribution is 0.509. The van der Waals surface area contributed by atoms with Gasteiger partial charge in [0.1, 0.15) is 0 Å². The van der Waals surface area contributed by atoms with Crippen molar-refractivity contribution in [1.29, 1.82) is 0 Å². The Balaban J connectivity index is 1.98. The molecule has 0 aliphatic carbocycles. The van der Waals surface area contributed by atoms with Gasteiger partial charge in [0, 0.05) is 24.3 Å². The lowest BCUT2D eigenvalue weighted by atomic mass is 10.3. The molecule has 0 unspecified atom stereocenters. The number of halogens is 1. The molecule has 96 valence electrons. The number of rotatable bonds is 2. The maximum Gasteiger partial charge on any atom is 0.189 e. The molecule has 6 heteroatoms. The van der Waals surface area contributed by atoms with Crippen molar-refractivity contribution in [1.82, 2.24) is 15.3 Å². The number of nitrogens with one attached hydrogen (secondary N) is 1. The molecule has 0 spiro atoms. The van der Waals surface area contributed by atoms with Crippen LogP contribution in [0.25, 0.3) is 0 Å². The highest BCUT2D eigenvalue weighted by Crippen LogP contribution is 2.09. The minimum Gasteiger partial charge on any atom is -0.348 e. The lowest BCUT2D eigenvalue weighted by Gasteiger charge is -2.17. The average Bonchev–Trinajstić information content (AvgIpc) is 2.89. The number of likely N-dealkylation sites (tertiary alicyclic amines) is 1. The number of pyridine rings is 1. The molecular formula is C12H15ClN4S. The van der Waals surface area contributed by atoms with E-state index in [0.717, 1.165) is 24.5 Å². The van der Waals surface area contributed by atoms with Crippen LogP contribution in [0.2, 0.25) is 5.02 Å². The minimum absolute atomic E-state index is 0.650. The molecule has 2 heterocycles. The van der Waals surface area contributed by atoms with Crippen LogP contribution in [0, 0.1) is 0 Å². The molecule has 1 aromatic rings. The summed E-state index contributed by atoms with van der Waals surface area (Å²) in [4.78, 5) is 6.33. The van der Waals surface area contributed by atoms with E-state index in [1.54, 1.807) is 18.3 Å². The van der Waals surface area contributed by atoms with E-state index in [-0.39, 0.29) is 0 Å². The third-order valence-corrected chi connectivity index (χ3v) is 3.39. The Morgan fingerprint density at radius 3 is 2.89 bits per heavy atom. The van der Waals surface area contributed by atoms with Gasteiger partial charge in [0.25, 0.3) is 0 Å². The second-order valence-corrected chi connectivity index (χ2v) is 4.99. The van der Waals surface area contributed by atoms with Crippen molar-refractivity contribution in [2.45, 2.75) is 19.8 Å². The largest absolute Gasteiger partial charge is 0.348 e. The SMILES string of the molecule is C/C(=N/NC(=S)N1CCCC1)c1cc(Cl)ccn1. The van der Waals surface area contributed by atoms with Gasteiger partial charge in [-0.25, -0.2) is 0 Å². The van der Waals surface area contributed by atoms with Crippen LogP contribution in [0.5, 0.6) is 0 Å². The molecular weight excluding hydrogens is 268 g/mol. The fraction of sp³-hybridized carbons (Fsp3) is 0.417. The zero-order valence-corrected chi connectivity index (χ0v) is 11.8. The van der Waals surface area contributed by atoms with Gasteiger partial charge in [-0.2, -0.15) is 5.10 Å². The second kappa shape index (κ2) is 6.11. The lowest BCUT2D eigenvalue weighted by Crippen LogP contribution is -2.35. The Hall–Kier alpha value is -1.20. The van der Waals surface area contributed by atoms with E-state index >= 15 is 0 Å². The molecule has 0 radical (unpaired) electrons. The minimum atomic E-state index is 0.650. The molecule has 2 rings (SSSR count). The Morgan fingerprint density at radius 1 is 1.50 bits per heavy atom. The first kappa shape index (κ1) is 13.2. The normalized spacial score (nSPS) is 15.9. The Kier molecular flexibility index (Phi) is 4.49. The molecule has 0 atom stereocenters. The summed E-state index contributed by atoms with van der Waals surface area (Å²) < 4.78 is 0. The first-order valence-electron chi connectivity index (χ1n) is 5.88. The summed E-state index contributed by atoms with van der Waals surface area (Å²) in [5, 5.41) is 5.57. The van der Waals surface area contributed by atoms with Crippen molar-refractivity contribution < 1.29 is 0 Å². The molecule has 0 bridgehead atoms. The first-order chi connectivity index (χ1) is 8.66. The zero-order chi connectivity index (χ0) is 13.0. The van der Waals surface area contributed by atoms with Crippen molar-refractivity contribution in [2.24, 2.45) is 5.10 Å². The molecule has 0 saturated carbocycles.